The molecule has 0 aromatic heterocycles. The number of hydrogen-bond acceptors (Lipinski definition) is 2. The van der Waals surface area contributed by atoms with Crippen LogP contribution in [-0.4, -0.2) is 22.1 Å². The van der Waals surface area contributed by atoms with Gasteiger partial charge in [0.2, 0.25) is 0 Å². The van der Waals surface area contributed by atoms with Crippen molar-refractivity contribution in [2.45, 2.75) is 12.0 Å². The van der Waals surface area contributed by atoms with Gasteiger partial charge in [0.25, 0.3) is 0 Å². The SMILES string of the molecule is O=C(O)C(F)(F)C(O)c1c(F)cccc1Cl. The highest BCUT2D eigenvalue weighted by Gasteiger charge is 2.49. The maximum Gasteiger partial charge on any atom is 0.377 e. The van der Waals surface area contributed by atoms with Gasteiger partial charge in [-0.25, -0.2) is 9.18 Å². The van der Waals surface area contributed by atoms with Crippen molar-refractivity contribution in [2.24, 2.45) is 0 Å². The molecule has 1 aromatic carbocycles. The van der Waals surface area contributed by atoms with Crippen molar-refractivity contribution in [3.8, 4) is 0 Å². The minimum absolute atomic E-state index is 0.464. The fraction of sp³-hybridized carbons (Fsp3) is 0.222. The van der Waals surface area contributed by atoms with E-state index < -0.39 is 34.4 Å². The summed E-state index contributed by atoms with van der Waals surface area (Å²) in [5, 5.41) is 16.8. The number of carboxylic acid groups (broad SMARTS) is 1. The number of aliphatic hydroxyl groups excluding tert-OH is 1. The van der Waals surface area contributed by atoms with Gasteiger partial charge in [-0.2, -0.15) is 8.78 Å². The second-order valence-corrected chi connectivity index (χ2v) is 3.37. The first-order valence-electron chi connectivity index (χ1n) is 4.01. The van der Waals surface area contributed by atoms with Crippen LogP contribution < -0.4 is 0 Å². The van der Waals surface area contributed by atoms with Crippen LogP contribution in [0.5, 0.6) is 0 Å². The summed E-state index contributed by atoms with van der Waals surface area (Å²) in [7, 11) is 0. The van der Waals surface area contributed by atoms with Crippen molar-refractivity contribution < 1.29 is 28.2 Å². The lowest BCUT2D eigenvalue weighted by Crippen LogP contribution is -2.36. The van der Waals surface area contributed by atoms with Gasteiger partial charge in [0.15, 0.2) is 6.10 Å². The second-order valence-electron chi connectivity index (χ2n) is 2.97. The van der Waals surface area contributed by atoms with E-state index in [2.05, 4.69) is 0 Å². The Labute approximate surface area is 93.1 Å². The smallest absolute Gasteiger partial charge is 0.377 e. The number of carboxylic acids is 1. The fourth-order valence-electron chi connectivity index (χ4n) is 1.07. The lowest BCUT2D eigenvalue weighted by molar-refractivity contribution is -0.183. The van der Waals surface area contributed by atoms with E-state index in [1.54, 1.807) is 0 Å². The maximum absolute atomic E-state index is 13.1. The van der Waals surface area contributed by atoms with Gasteiger partial charge in [0.05, 0.1) is 0 Å². The largest absolute Gasteiger partial charge is 0.477 e. The first-order chi connectivity index (χ1) is 7.28. The van der Waals surface area contributed by atoms with Crippen LogP contribution in [-0.2, 0) is 4.79 Å². The number of hydrogen-bond donors (Lipinski definition) is 2. The average molecular weight is 255 g/mol. The van der Waals surface area contributed by atoms with E-state index >= 15 is 0 Å². The molecule has 88 valence electrons. The summed E-state index contributed by atoms with van der Waals surface area (Å²) in [5.74, 6) is -8.26. The Morgan fingerprint density at radius 3 is 2.44 bits per heavy atom. The monoisotopic (exact) mass is 254 g/mol. The molecule has 0 aliphatic rings. The first-order valence-corrected chi connectivity index (χ1v) is 4.39. The Balaban J connectivity index is 3.24. The molecule has 1 rings (SSSR count). The number of alkyl halides is 2. The summed E-state index contributed by atoms with van der Waals surface area (Å²) in [5.41, 5.74) is -0.934. The lowest BCUT2D eigenvalue weighted by Gasteiger charge is -2.19. The third-order valence-electron chi connectivity index (χ3n) is 1.90. The molecule has 3 nitrogen and oxygen atoms in total. The molecule has 0 saturated carbocycles. The molecule has 0 aliphatic heterocycles. The number of halogens is 4. The summed E-state index contributed by atoms with van der Waals surface area (Å²) in [6, 6.07) is 3.01. The summed E-state index contributed by atoms with van der Waals surface area (Å²) in [6.45, 7) is 0. The van der Waals surface area contributed by atoms with Crippen molar-refractivity contribution in [2.75, 3.05) is 0 Å². The Bertz CT molecular complexity index is 402. The molecule has 0 amide bonds. The van der Waals surface area contributed by atoms with Gasteiger partial charge in [-0.1, -0.05) is 17.7 Å². The molecule has 1 aromatic rings. The van der Waals surface area contributed by atoms with Gasteiger partial charge < -0.3 is 10.2 Å². The van der Waals surface area contributed by atoms with Crippen LogP contribution >= 0.6 is 11.6 Å². The van der Waals surface area contributed by atoms with E-state index in [9.17, 15) is 18.0 Å². The Morgan fingerprint density at radius 2 is 2.00 bits per heavy atom. The Morgan fingerprint density at radius 1 is 1.44 bits per heavy atom. The summed E-state index contributed by atoms with van der Waals surface area (Å²) in [6.07, 6.45) is -2.83. The van der Waals surface area contributed by atoms with Crippen molar-refractivity contribution >= 4 is 17.6 Å². The van der Waals surface area contributed by atoms with Crippen molar-refractivity contribution in [3.63, 3.8) is 0 Å². The van der Waals surface area contributed by atoms with E-state index in [0.29, 0.717) is 0 Å². The third kappa shape index (κ3) is 2.12. The second kappa shape index (κ2) is 4.31. The van der Waals surface area contributed by atoms with Gasteiger partial charge in [-0.05, 0) is 12.1 Å². The van der Waals surface area contributed by atoms with Crippen LogP contribution in [0, 0.1) is 5.82 Å². The Kier molecular flexibility index (Phi) is 3.44. The average Bonchev–Trinajstić information content (AvgIpc) is 2.16. The van der Waals surface area contributed by atoms with Crippen LogP contribution in [0.4, 0.5) is 13.2 Å². The zero-order chi connectivity index (χ0) is 12.5. The highest BCUT2D eigenvalue weighted by Crippen LogP contribution is 2.36. The molecule has 16 heavy (non-hydrogen) atoms. The minimum atomic E-state index is -4.51. The maximum atomic E-state index is 13.1. The molecule has 0 aliphatic carbocycles. The predicted molar refractivity (Wildman–Crippen MR) is 49.0 cm³/mol. The van der Waals surface area contributed by atoms with Gasteiger partial charge in [0, 0.05) is 10.6 Å². The van der Waals surface area contributed by atoms with Gasteiger partial charge in [0.1, 0.15) is 5.82 Å². The molecule has 0 spiro atoms. The van der Waals surface area contributed by atoms with E-state index in [-0.39, 0.29) is 0 Å². The molecule has 0 saturated heterocycles. The van der Waals surface area contributed by atoms with Crippen LogP contribution in [0.1, 0.15) is 11.7 Å². The van der Waals surface area contributed by atoms with Crippen molar-refractivity contribution in [1.82, 2.24) is 0 Å². The number of rotatable bonds is 3. The first kappa shape index (κ1) is 12.8. The van der Waals surface area contributed by atoms with E-state index in [1.807, 2.05) is 0 Å². The Hall–Kier alpha value is -1.27. The predicted octanol–water partition coefficient (Wildman–Crippen LogP) is 2.23. The van der Waals surface area contributed by atoms with Crippen LogP contribution in [0.3, 0.4) is 0 Å². The van der Waals surface area contributed by atoms with Crippen molar-refractivity contribution in [3.05, 3.63) is 34.6 Å². The fourth-order valence-corrected chi connectivity index (χ4v) is 1.34. The summed E-state index contributed by atoms with van der Waals surface area (Å²) in [4.78, 5) is 10.2. The van der Waals surface area contributed by atoms with Gasteiger partial charge in [-0.3, -0.25) is 0 Å². The zero-order valence-corrected chi connectivity index (χ0v) is 8.38. The third-order valence-corrected chi connectivity index (χ3v) is 2.23. The molecule has 1 atom stereocenters. The lowest BCUT2D eigenvalue weighted by atomic mass is 10.0. The quantitative estimate of drug-likeness (QED) is 0.870. The molecule has 1 unspecified atom stereocenters. The van der Waals surface area contributed by atoms with Crippen molar-refractivity contribution in [1.29, 1.82) is 0 Å². The van der Waals surface area contributed by atoms with E-state index in [1.165, 1.54) is 0 Å². The zero-order valence-electron chi connectivity index (χ0n) is 7.62. The molecule has 0 bridgehead atoms. The van der Waals surface area contributed by atoms with Gasteiger partial charge in [-0.15, -0.1) is 0 Å². The van der Waals surface area contributed by atoms with Crippen LogP contribution in [0.25, 0.3) is 0 Å². The normalized spacial score (nSPS) is 13.6. The van der Waals surface area contributed by atoms with Gasteiger partial charge >= 0.3 is 11.9 Å². The molecule has 0 fully saturated rings. The standard InChI is InChI=1S/C9H6ClF3O3/c10-4-2-1-3-5(11)6(4)7(14)9(12,13)8(15)16/h1-3,7,14H,(H,15,16). The molecule has 0 heterocycles. The molecule has 7 heteroatoms. The number of carbonyl (C=O) groups is 1. The van der Waals surface area contributed by atoms with E-state index in [4.69, 9.17) is 21.8 Å². The minimum Gasteiger partial charge on any atom is -0.477 e. The summed E-state index contributed by atoms with van der Waals surface area (Å²) >= 11 is 5.41. The molecule has 0 radical (unpaired) electrons. The molecular formula is C9H6ClF3O3. The number of aliphatic carboxylic acids is 1. The topological polar surface area (TPSA) is 57.5 Å². The number of benzene rings is 1. The highest BCUT2D eigenvalue weighted by atomic mass is 35.5. The van der Waals surface area contributed by atoms with E-state index in [0.717, 1.165) is 18.2 Å². The molecular weight excluding hydrogens is 249 g/mol. The van der Waals surface area contributed by atoms with Crippen LogP contribution in [0.2, 0.25) is 5.02 Å². The molecule has 2 N–H and O–H groups in total. The number of aliphatic hydroxyl groups is 1. The summed E-state index contributed by atoms with van der Waals surface area (Å²) < 4.78 is 38.9. The highest BCUT2D eigenvalue weighted by molar-refractivity contribution is 6.31. The van der Waals surface area contributed by atoms with Crippen LogP contribution in [0.15, 0.2) is 18.2 Å².